The minimum absolute atomic E-state index is 0.00718. The van der Waals surface area contributed by atoms with Crippen LogP contribution in [0.15, 0.2) is 42.0 Å². The number of carbonyl (C=O) groups is 7. The third kappa shape index (κ3) is 16.0. The van der Waals surface area contributed by atoms with Crippen molar-refractivity contribution >= 4 is 63.7 Å². The number of cyclic esters (lactones) is 1. The lowest BCUT2D eigenvalue weighted by molar-refractivity contribution is -0.161. The summed E-state index contributed by atoms with van der Waals surface area (Å²) < 4.78 is 7.72. The maximum absolute atomic E-state index is 15.2. The van der Waals surface area contributed by atoms with E-state index >= 15 is 9.59 Å². The summed E-state index contributed by atoms with van der Waals surface area (Å²) in [6, 6.07) is 1.94. The summed E-state index contributed by atoms with van der Waals surface area (Å²) in [4.78, 5) is 117. The number of rotatable bonds is 20. The zero-order valence-electron chi connectivity index (χ0n) is 45.3. The van der Waals surface area contributed by atoms with Crippen molar-refractivity contribution in [2.45, 2.75) is 194 Å². The molecule has 8 atom stereocenters. The van der Waals surface area contributed by atoms with Crippen LogP contribution in [0.1, 0.15) is 149 Å². The van der Waals surface area contributed by atoms with Gasteiger partial charge in [0.2, 0.25) is 29.5 Å². The molecule has 4 N–H and O–H groups in total. The number of nitrogens with zero attached hydrogens (tertiary/aromatic N) is 4. The van der Waals surface area contributed by atoms with E-state index in [2.05, 4.69) is 40.1 Å². The van der Waals surface area contributed by atoms with Crippen molar-refractivity contribution in [3.63, 3.8) is 0 Å². The predicted molar refractivity (Wildman–Crippen MR) is 283 cm³/mol. The second-order valence-electron chi connectivity index (χ2n) is 21.7. The van der Waals surface area contributed by atoms with Crippen molar-refractivity contribution < 1.29 is 43.1 Å². The highest BCUT2D eigenvalue weighted by Gasteiger charge is 2.54. The largest absolute Gasteiger partial charge is 0.451 e. The van der Waals surface area contributed by atoms with Gasteiger partial charge >= 0.3 is 5.97 Å². The lowest BCUT2D eigenvalue weighted by Crippen LogP contribution is -2.60. The van der Waals surface area contributed by atoms with Gasteiger partial charge in [-0.1, -0.05) is 112 Å². The van der Waals surface area contributed by atoms with Gasteiger partial charge in [0.05, 0.1) is 10.5 Å². The smallest absolute Gasteiger partial charge is 0.332 e. The fourth-order valence-electron chi connectivity index (χ4n) is 9.87. The molecule has 2 fully saturated rings. The Bertz CT molecular complexity index is 2330. The number of aryl methyl sites for hydroxylation is 1. The maximum Gasteiger partial charge on any atom is 0.332 e. The number of esters is 1. The minimum atomic E-state index is -1.47. The summed E-state index contributed by atoms with van der Waals surface area (Å²) in [5.41, 5.74) is -0.0168. The first-order valence-electron chi connectivity index (χ1n) is 26.7. The summed E-state index contributed by atoms with van der Waals surface area (Å²) in [6.45, 7) is 16.0. The number of nitrogens with one attached hydrogen (secondary N) is 4. The Kier molecular flexibility index (Phi) is 21.7. The number of benzene rings is 1. The molecule has 18 heteroatoms. The third-order valence-electron chi connectivity index (χ3n) is 14.4. The number of hydrogen-bond donors (Lipinski definition) is 4. The highest BCUT2D eigenvalue weighted by Crippen LogP contribution is 2.38. The first-order chi connectivity index (χ1) is 34.7. The van der Waals surface area contributed by atoms with Gasteiger partial charge in [0.25, 0.3) is 5.91 Å². The van der Waals surface area contributed by atoms with Crippen molar-refractivity contribution in [1.29, 1.82) is 0 Å². The number of carbonyl (C=O) groups excluding carboxylic acids is 7. The van der Waals surface area contributed by atoms with Gasteiger partial charge in [-0.3, -0.25) is 28.8 Å². The Balaban J connectivity index is 1.65. The first-order valence-corrected chi connectivity index (χ1v) is 27.6. The molecule has 1 aliphatic heterocycles. The molecule has 404 valence electrons. The van der Waals surface area contributed by atoms with Crippen LogP contribution in [-0.4, -0.2) is 124 Å². The summed E-state index contributed by atoms with van der Waals surface area (Å²) in [5, 5.41) is 15.3. The number of hydrogen-bond acceptors (Lipinski definition) is 11. The van der Waals surface area contributed by atoms with Crippen molar-refractivity contribution in [3.05, 3.63) is 52.6 Å². The molecule has 2 aromatic heterocycles. The number of ether oxygens (including phenoxy) is 1. The molecule has 1 saturated carbocycles. The Labute approximate surface area is 437 Å². The van der Waals surface area contributed by atoms with E-state index in [1.165, 1.54) is 35.3 Å². The summed E-state index contributed by atoms with van der Waals surface area (Å²) >= 11 is 1.40. The number of fused-ring (bicyclic) bond motifs is 1. The van der Waals surface area contributed by atoms with Crippen LogP contribution in [0.5, 0.6) is 0 Å². The Hall–Kier alpha value is -5.52. The van der Waals surface area contributed by atoms with E-state index < -0.39 is 83.3 Å². The van der Waals surface area contributed by atoms with Gasteiger partial charge < -0.3 is 40.6 Å². The average Bonchev–Trinajstić information content (AvgIpc) is 3.77. The molecule has 0 radical (unpaired) electrons. The van der Waals surface area contributed by atoms with Gasteiger partial charge in [-0.2, -0.15) is 4.73 Å². The van der Waals surface area contributed by atoms with Crippen LogP contribution < -0.4 is 26.1 Å². The van der Waals surface area contributed by atoms with Gasteiger partial charge in [0.15, 0.2) is 6.10 Å². The van der Waals surface area contributed by atoms with E-state index in [1.54, 1.807) is 24.2 Å². The van der Waals surface area contributed by atoms with Crippen LogP contribution in [0.4, 0.5) is 0 Å². The van der Waals surface area contributed by atoms with Crippen molar-refractivity contribution in [2.75, 3.05) is 21.2 Å². The zero-order chi connectivity index (χ0) is 53.6. The van der Waals surface area contributed by atoms with E-state index in [9.17, 15) is 24.0 Å². The molecule has 73 heavy (non-hydrogen) atoms. The molecule has 6 amide bonds. The molecule has 3 heterocycles. The fraction of sp³-hybridized carbons (Fsp3) is 0.673. The normalized spacial score (nSPS) is 23.7. The molecule has 1 saturated heterocycles. The van der Waals surface area contributed by atoms with Gasteiger partial charge in [-0.15, -0.1) is 11.3 Å². The Morgan fingerprint density at radius 2 is 1.30 bits per heavy atom. The van der Waals surface area contributed by atoms with Crippen LogP contribution in [0.2, 0.25) is 0 Å². The fourth-order valence-corrected chi connectivity index (χ4v) is 10.5. The quantitative estimate of drug-likeness (QED) is 0.0899. The van der Waals surface area contributed by atoms with E-state index in [-0.39, 0.29) is 75.0 Å². The third-order valence-corrected chi connectivity index (χ3v) is 15.2. The molecule has 5 rings (SSSR count). The monoisotopic (exact) mass is 1030 g/mol. The molecule has 1 spiro atoms. The Morgan fingerprint density at radius 1 is 0.740 bits per heavy atom. The summed E-state index contributed by atoms with van der Waals surface area (Å²) in [6.07, 6.45) is 9.07. The number of aromatic nitrogens is 2. The van der Waals surface area contributed by atoms with E-state index in [0.29, 0.717) is 12.0 Å². The van der Waals surface area contributed by atoms with Gasteiger partial charge in [0.1, 0.15) is 42.9 Å². The number of unbranched alkanes of at least 4 members (excludes halogenated alkanes) is 2. The van der Waals surface area contributed by atoms with Gasteiger partial charge in [-0.05, 0) is 80.2 Å². The number of amides is 6. The molecule has 1 aliphatic carbocycles. The molecule has 1 aromatic carbocycles. The van der Waals surface area contributed by atoms with E-state index in [4.69, 9.17) is 9.57 Å². The average molecular weight is 1030 g/mol. The molecule has 0 bridgehead atoms. The lowest BCUT2D eigenvalue weighted by atomic mass is 9.94. The van der Waals surface area contributed by atoms with Crippen molar-refractivity contribution in [2.24, 2.45) is 23.7 Å². The maximum atomic E-state index is 15.2. The van der Waals surface area contributed by atoms with E-state index in [0.717, 1.165) is 54.4 Å². The lowest BCUT2D eigenvalue weighted by Gasteiger charge is -2.35. The predicted octanol–water partition coefficient (Wildman–Crippen LogP) is 6.54. The molecule has 3 aromatic rings. The van der Waals surface area contributed by atoms with Crippen LogP contribution in [0, 0.1) is 23.7 Å². The molecule has 17 nitrogen and oxygen atoms in total. The highest BCUT2D eigenvalue weighted by atomic mass is 32.1. The number of likely N-dealkylation sites (N-methyl/N-ethyl adjacent to an activating group) is 2. The summed E-state index contributed by atoms with van der Waals surface area (Å²) in [5.74, 6) is -4.46. The van der Waals surface area contributed by atoms with Crippen LogP contribution >= 0.6 is 11.3 Å². The topological polar surface area (TPSA) is 210 Å². The van der Waals surface area contributed by atoms with Crippen LogP contribution in [0.25, 0.3) is 10.9 Å². The Morgan fingerprint density at radius 3 is 1.88 bits per heavy atom. The number of thiazole rings is 1. The highest BCUT2D eigenvalue weighted by molar-refractivity contribution is 7.09. The first kappa shape index (κ1) is 58.4. The minimum Gasteiger partial charge on any atom is -0.451 e. The van der Waals surface area contributed by atoms with Gasteiger partial charge in [0, 0.05) is 50.1 Å². The number of para-hydroxylation sites is 1. The van der Waals surface area contributed by atoms with Crippen LogP contribution in [0.3, 0.4) is 0 Å². The molecular formula is C55H84N8O9S. The van der Waals surface area contributed by atoms with E-state index in [1.807, 2.05) is 71.2 Å². The van der Waals surface area contributed by atoms with Crippen molar-refractivity contribution in [1.82, 2.24) is 40.8 Å². The second kappa shape index (κ2) is 27.1. The van der Waals surface area contributed by atoms with Crippen molar-refractivity contribution in [3.8, 4) is 0 Å². The molecule has 0 unspecified atom stereocenters. The molecular weight excluding hydrogens is 949 g/mol. The zero-order valence-corrected chi connectivity index (χ0v) is 46.1. The van der Waals surface area contributed by atoms with Crippen LogP contribution in [-0.2, 0) is 51.1 Å². The SMILES string of the molecule is CCCC[C@@H](C)C[C@@H]1NC(=O)[C@H](Cc2cn(OC)c3ccccc23)N(C)C(=O)[C@H](CC(C)C)NC(=O)[C@H](CC(C)C)N(C)C(=O)[C@H](C[C@H](C)CCCC)NC(=O)[C@@H](CCc2nccs2)OC(=O)C2(CC2)NC1=O. The summed E-state index contributed by atoms with van der Waals surface area (Å²) in [7, 11) is 4.61. The standard InChI is InChI=1S/C55H84N8O9S/c1-12-14-18-36(7)30-40-48(64)60-55(24-25-55)54(70)72-46(22-23-47-56-26-27-73-47)51(67)59-42(31-37(8)19-15-13-2)53(69)61(9)44(29-35(5)6)49(65)58-41(28-34(3)4)52(68)62(10)45(50(66)57-40)32-38-33-63(71-11)43-21-17-16-20-39(38)43/h16-17,20-21,26-27,33-37,40-42,44-46H,12-15,18-19,22-25,28-32H2,1-11H3,(H,57,66)(H,58,65)(H,59,67)(H,60,64)/t36-,37-,40+,41+,42+,44+,45+,46-/m1/s1. The van der Waals surface area contributed by atoms with Gasteiger partial charge in [-0.25, -0.2) is 9.78 Å². The molecule has 2 aliphatic rings. The second-order valence-corrected chi connectivity index (χ2v) is 22.6.